The maximum absolute atomic E-state index is 13.8. The quantitative estimate of drug-likeness (QED) is 0.578. The van der Waals surface area contributed by atoms with Crippen LogP contribution in [-0.4, -0.2) is 9.97 Å². The number of aromatic nitrogens is 2. The molecule has 0 unspecified atom stereocenters. The highest BCUT2D eigenvalue weighted by atomic mass is 19.1. The molecule has 0 saturated heterocycles. The van der Waals surface area contributed by atoms with Crippen molar-refractivity contribution in [2.24, 2.45) is 0 Å². The fourth-order valence-corrected chi connectivity index (χ4v) is 2.67. The van der Waals surface area contributed by atoms with Crippen molar-refractivity contribution in [2.45, 2.75) is 13.1 Å². The van der Waals surface area contributed by atoms with E-state index in [1.165, 1.54) is 6.07 Å². The summed E-state index contributed by atoms with van der Waals surface area (Å²) in [6.45, 7) is 1.15. The van der Waals surface area contributed by atoms with Gasteiger partial charge in [-0.25, -0.2) is 9.37 Å². The minimum atomic E-state index is -0.284. The zero-order valence-electron chi connectivity index (χ0n) is 12.9. The van der Waals surface area contributed by atoms with Crippen LogP contribution in [0.1, 0.15) is 11.6 Å². The lowest BCUT2D eigenvalue weighted by Gasteiger charge is -2.01. The summed E-state index contributed by atoms with van der Waals surface area (Å²) in [5.74, 6) is 1.88. The van der Waals surface area contributed by atoms with E-state index >= 15 is 0 Å². The van der Waals surface area contributed by atoms with Gasteiger partial charge < -0.3 is 14.7 Å². The molecule has 0 radical (unpaired) electrons. The summed E-state index contributed by atoms with van der Waals surface area (Å²) in [6, 6.07) is 18.2. The van der Waals surface area contributed by atoms with E-state index in [4.69, 9.17) is 4.42 Å². The molecule has 0 amide bonds. The number of fused-ring (bicyclic) bond motifs is 1. The Bertz CT molecular complexity index is 940. The van der Waals surface area contributed by atoms with E-state index in [2.05, 4.69) is 15.3 Å². The van der Waals surface area contributed by atoms with Crippen molar-refractivity contribution in [1.29, 1.82) is 0 Å². The lowest BCUT2D eigenvalue weighted by atomic mass is 10.1. The van der Waals surface area contributed by atoms with Crippen LogP contribution in [0.15, 0.2) is 65.1 Å². The highest BCUT2D eigenvalue weighted by molar-refractivity contribution is 5.74. The van der Waals surface area contributed by atoms with E-state index in [0.717, 1.165) is 22.6 Å². The maximum atomic E-state index is 13.8. The first-order chi connectivity index (χ1) is 11.8. The average molecular weight is 321 g/mol. The van der Waals surface area contributed by atoms with Crippen LogP contribution in [0.5, 0.6) is 0 Å². The molecule has 0 aliphatic carbocycles. The fourth-order valence-electron chi connectivity index (χ4n) is 2.67. The molecule has 2 N–H and O–H groups in total. The lowest BCUT2D eigenvalue weighted by molar-refractivity contribution is 0.488. The van der Waals surface area contributed by atoms with Crippen LogP contribution in [0.2, 0.25) is 0 Å². The molecule has 5 heteroatoms. The summed E-state index contributed by atoms with van der Waals surface area (Å²) in [7, 11) is 0. The number of nitrogens with one attached hydrogen (secondary N) is 2. The van der Waals surface area contributed by atoms with Crippen molar-refractivity contribution in [3.05, 3.63) is 78.1 Å². The Morgan fingerprint density at radius 2 is 1.79 bits per heavy atom. The molecule has 4 rings (SSSR count). The Labute approximate surface area is 138 Å². The number of rotatable bonds is 5. The first-order valence-electron chi connectivity index (χ1n) is 7.77. The third-order valence-electron chi connectivity index (χ3n) is 3.83. The molecule has 0 saturated carbocycles. The monoisotopic (exact) mass is 321 g/mol. The topological polar surface area (TPSA) is 53.9 Å². The Morgan fingerprint density at radius 1 is 0.958 bits per heavy atom. The molecule has 2 heterocycles. The van der Waals surface area contributed by atoms with Gasteiger partial charge in [-0.2, -0.15) is 0 Å². The smallest absolute Gasteiger partial charge is 0.137 e. The van der Waals surface area contributed by atoms with Crippen molar-refractivity contribution in [2.75, 3.05) is 0 Å². The Hall–Kier alpha value is -2.92. The van der Waals surface area contributed by atoms with E-state index in [1.54, 1.807) is 24.3 Å². The number of aromatic amines is 1. The SMILES string of the molecule is Fc1ccccc1-c1ccc(CNCc2nc3ccccc3[nH]2)o1. The minimum absolute atomic E-state index is 0.284. The van der Waals surface area contributed by atoms with Crippen molar-refractivity contribution >= 4 is 11.0 Å². The summed E-state index contributed by atoms with van der Waals surface area (Å²) >= 11 is 0. The number of para-hydroxylation sites is 2. The zero-order chi connectivity index (χ0) is 16.4. The van der Waals surface area contributed by atoms with Gasteiger partial charge in [0, 0.05) is 0 Å². The van der Waals surface area contributed by atoms with Gasteiger partial charge >= 0.3 is 0 Å². The van der Waals surface area contributed by atoms with Gasteiger partial charge in [-0.05, 0) is 36.4 Å². The molecule has 4 aromatic rings. The second-order valence-corrected chi connectivity index (χ2v) is 5.55. The van der Waals surface area contributed by atoms with Crippen molar-refractivity contribution < 1.29 is 8.81 Å². The van der Waals surface area contributed by atoms with Gasteiger partial charge in [-0.1, -0.05) is 24.3 Å². The largest absolute Gasteiger partial charge is 0.460 e. The molecule has 0 atom stereocenters. The van der Waals surface area contributed by atoms with Crippen LogP contribution >= 0.6 is 0 Å². The summed E-state index contributed by atoms with van der Waals surface area (Å²) in [5.41, 5.74) is 2.45. The number of furan rings is 1. The molecule has 0 aliphatic rings. The fraction of sp³-hybridized carbons (Fsp3) is 0.105. The Kier molecular flexibility index (Phi) is 3.84. The molecular formula is C19H16FN3O. The van der Waals surface area contributed by atoms with Crippen LogP contribution in [0.25, 0.3) is 22.4 Å². The molecule has 24 heavy (non-hydrogen) atoms. The summed E-state index contributed by atoms with van der Waals surface area (Å²) in [4.78, 5) is 7.78. The number of benzene rings is 2. The first kappa shape index (κ1) is 14.7. The molecule has 0 spiro atoms. The lowest BCUT2D eigenvalue weighted by Crippen LogP contribution is -2.13. The normalized spacial score (nSPS) is 11.2. The van der Waals surface area contributed by atoms with E-state index < -0.39 is 0 Å². The summed E-state index contributed by atoms with van der Waals surface area (Å²) < 4.78 is 19.5. The molecule has 0 fully saturated rings. The van der Waals surface area contributed by atoms with Crippen LogP contribution in [-0.2, 0) is 13.1 Å². The van der Waals surface area contributed by atoms with Gasteiger partial charge in [-0.3, -0.25) is 0 Å². The Balaban J connectivity index is 1.41. The van der Waals surface area contributed by atoms with Crippen molar-refractivity contribution in [3.8, 4) is 11.3 Å². The third kappa shape index (κ3) is 2.94. The standard InChI is InChI=1S/C19H16FN3O/c20-15-6-2-1-5-14(15)18-10-9-13(24-18)11-21-12-19-22-16-7-3-4-8-17(16)23-19/h1-10,21H,11-12H2,(H,22,23). The number of imidazole rings is 1. The predicted octanol–water partition coefficient (Wildman–Crippen LogP) is 4.25. The van der Waals surface area contributed by atoms with Gasteiger partial charge in [0.25, 0.3) is 0 Å². The summed E-state index contributed by atoms with van der Waals surface area (Å²) in [5, 5.41) is 3.28. The predicted molar refractivity (Wildman–Crippen MR) is 90.7 cm³/mol. The second kappa shape index (κ2) is 6.29. The number of nitrogens with zero attached hydrogens (tertiary/aromatic N) is 1. The first-order valence-corrected chi connectivity index (χ1v) is 7.77. The van der Waals surface area contributed by atoms with E-state index in [1.807, 2.05) is 30.3 Å². The van der Waals surface area contributed by atoms with Crippen LogP contribution in [0, 0.1) is 5.82 Å². The zero-order valence-corrected chi connectivity index (χ0v) is 12.9. The number of halogens is 1. The van der Waals surface area contributed by atoms with E-state index in [9.17, 15) is 4.39 Å². The van der Waals surface area contributed by atoms with Crippen LogP contribution < -0.4 is 5.32 Å². The van der Waals surface area contributed by atoms with Gasteiger partial charge in [-0.15, -0.1) is 0 Å². The van der Waals surface area contributed by atoms with Gasteiger partial charge in [0.2, 0.25) is 0 Å². The van der Waals surface area contributed by atoms with Gasteiger partial charge in [0.05, 0.1) is 29.7 Å². The van der Waals surface area contributed by atoms with E-state index in [-0.39, 0.29) is 5.82 Å². The molecule has 2 aromatic heterocycles. The summed E-state index contributed by atoms with van der Waals surface area (Å²) in [6.07, 6.45) is 0. The molecular weight excluding hydrogens is 305 g/mol. The minimum Gasteiger partial charge on any atom is -0.460 e. The number of hydrogen-bond donors (Lipinski definition) is 2. The van der Waals surface area contributed by atoms with Crippen LogP contribution in [0.4, 0.5) is 4.39 Å². The molecule has 120 valence electrons. The van der Waals surface area contributed by atoms with Crippen molar-refractivity contribution in [3.63, 3.8) is 0 Å². The van der Waals surface area contributed by atoms with Crippen molar-refractivity contribution in [1.82, 2.24) is 15.3 Å². The van der Waals surface area contributed by atoms with Gasteiger partial charge in [0.1, 0.15) is 23.2 Å². The highest BCUT2D eigenvalue weighted by Gasteiger charge is 2.09. The van der Waals surface area contributed by atoms with E-state index in [0.29, 0.717) is 24.4 Å². The maximum Gasteiger partial charge on any atom is 0.137 e. The molecule has 2 aromatic carbocycles. The second-order valence-electron chi connectivity index (χ2n) is 5.55. The average Bonchev–Trinajstić information content (AvgIpc) is 3.22. The molecule has 0 aliphatic heterocycles. The molecule has 4 nitrogen and oxygen atoms in total. The van der Waals surface area contributed by atoms with Crippen LogP contribution in [0.3, 0.4) is 0 Å². The Morgan fingerprint density at radius 3 is 2.67 bits per heavy atom. The number of hydrogen-bond acceptors (Lipinski definition) is 3. The highest BCUT2D eigenvalue weighted by Crippen LogP contribution is 2.24. The molecule has 0 bridgehead atoms. The van der Waals surface area contributed by atoms with Gasteiger partial charge in [0.15, 0.2) is 0 Å². The third-order valence-corrected chi connectivity index (χ3v) is 3.83. The number of H-pyrrole nitrogens is 1.